The van der Waals surface area contributed by atoms with Gasteiger partial charge in [-0.2, -0.15) is 0 Å². The van der Waals surface area contributed by atoms with Gasteiger partial charge in [0.05, 0.1) is 0 Å². The zero-order valence-corrected chi connectivity index (χ0v) is 8.36. The lowest BCUT2D eigenvalue weighted by molar-refractivity contribution is -0.109. The predicted molar refractivity (Wildman–Crippen MR) is 47.7 cm³/mol. The Labute approximate surface area is 70.4 Å². The highest BCUT2D eigenvalue weighted by Crippen LogP contribution is 2.21. The number of hydrogen-bond acceptors (Lipinski definition) is 1. The lowest BCUT2D eigenvalue weighted by atomic mass is 9.91. The van der Waals surface area contributed by atoms with Crippen LogP contribution in [0.2, 0.25) is 0 Å². The van der Waals surface area contributed by atoms with Gasteiger partial charge < -0.3 is 0 Å². The van der Waals surface area contributed by atoms with Crippen molar-refractivity contribution in [1.29, 1.82) is 0 Å². The van der Waals surface area contributed by atoms with Gasteiger partial charge in [0, 0.05) is 6.42 Å². The summed E-state index contributed by atoms with van der Waals surface area (Å²) in [6, 6.07) is 0. The Morgan fingerprint density at radius 3 is 2.00 bits per heavy atom. The van der Waals surface area contributed by atoms with Crippen molar-refractivity contribution in [2.75, 3.05) is 0 Å². The molecule has 0 rings (SSSR count). The molecular weight excluding hydrogens is 227 g/mol. The third kappa shape index (κ3) is 8.40. The van der Waals surface area contributed by atoms with E-state index in [0.717, 1.165) is 6.42 Å². The number of carbonyl (C=O) groups excluding carboxylic acids is 1. The van der Waals surface area contributed by atoms with Gasteiger partial charge in [0.15, 0.2) is 3.79 Å². The van der Waals surface area contributed by atoms with Gasteiger partial charge >= 0.3 is 0 Å². The maximum atomic E-state index is 10.5. The second kappa shape index (κ2) is 3.54. The zero-order chi connectivity index (χ0) is 7.49. The van der Waals surface area contributed by atoms with Gasteiger partial charge in [0.2, 0.25) is 0 Å². The second-order valence-corrected chi connectivity index (χ2v) is 4.62. The van der Waals surface area contributed by atoms with Gasteiger partial charge in [-0.05, 0) is 34.4 Å². The van der Waals surface area contributed by atoms with Crippen molar-refractivity contribution in [1.82, 2.24) is 0 Å². The second-order valence-electron chi connectivity index (χ2n) is 3.42. The SMILES string of the molecule is CC(C)(C)CCC(=O)I. The van der Waals surface area contributed by atoms with E-state index in [1.807, 2.05) is 22.6 Å². The van der Waals surface area contributed by atoms with Crippen molar-refractivity contribution < 1.29 is 4.79 Å². The Hall–Kier alpha value is 0.400. The Morgan fingerprint density at radius 2 is 1.89 bits per heavy atom. The topological polar surface area (TPSA) is 17.1 Å². The summed E-state index contributed by atoms with van der Waals surface area (Å²) in [5.74, 6) is 0. The van der Waals surface area contributed by atoms with E-state index in [1.54, 1.807) is 0 Å². The summed E-state index contributed by atoms with van der Waals surface area (Å²) < 4.78 is 0.266. The van der Waals surface area contributed by atoms with Crippen molar-refractivity contribution in [2.24, 2.45) is 5.41 Å². The Morgan fingerprint density at radius 1 is 1.44 bits per heavy atom. The van der Waals surface area contributed by atoms with Gasteiger partial charge in [0.1, 0.15) is 0 Å². The average Bonchev–Trinajstić information content (AvgIpc) is 1.59. The van der Waals surface area contributed by atoms with Crippen LogP contribution in [0.4, 0.5) is 0 Å². The highest BCUT2D eigenvalue weighted by atomic mass is 127. The molecular formula is C7H13IO. The molecule has 54 valence electrons. The van der Waals surface area contributed by atoms with Gasteiger partial charge in [0.25, 0.3) is 0 Å². The van der Waals surface area contributed by atoms with Crippen LogP contribution >= 0.6 is 22.6 Å². The molecule has 0 fully saturated rings. The molecule has 0 aromatic rings. The van der Waals surface area contributed by atoms with E-state index in [1.165, 1.54) is 0 Å². The molecule has 0 unspecified atom stereocenters. The molecule has 0 atom stereocenters. The molecule has 0 spiro atoms. The van der Waals surface area contributed by atoms with E-state index in [-0.39, 0.29) is 3.79 Å². The van der Waals surface area contributed by atoms with Crippen molar-refractivity contribution in [3.63, 3.8) is 0 Å². The minimum absolute atomic E-state index is 0.266. The number of halogens is 1. The van der Waals surface area contributed by atoms with E-state index in [9.17, 15) is 4.79 Å². The molecule has 0 aromatic heterocycles. The van der Waals surface area contributed by atoms with Crippen LogP contribution in [0.25, 0.3) is 0 Å². The third-order valence-corrected chi connectivity index (χ3v) is 1.61. The maximum absolute atomic E-state index is 10.5. The van der Waals surface area contributed by atoms with Gasteiger partial charge in [-0.15, -0.1) is 0 Å². The molecule has 0 saturated carbocycles. The highest BCUT2D eigenvalue weighted by molar-refractivity contribution is 14.1. The van der Waals surface area contributed by atoms with Crippen LogP contribution in [0, 0.1) is 5.41 Å². The molecule has 0 amide bonds. The summed E-state index contributed by atoms with van der Waals surface area (Å²) in [4.78, 5) is 10.5. The molecule has 0 aliphatic heterocycles. The van der Waals surface area contributed by atoms with E-state index in [2.05, 4.69) is 20.8 Å². The van der Waals surface area contributed by atoms with Crippen LogP contribution in [0.15, 0.2) is 0 Å². The fourth-order valence-corrected chi connectivity index (χ4v) is 0.743. The molecule has 0 radical (unpaired) electrons. The minimum Gasteiger partial charge on any atom is -0.288 e. The minimum atomic E-state index is 0.266. The van der Waals surface area contributed by atoms with Gasteiger partial charge in [-0.25, -0.2) is 0 Å². The molecule has 0 saturated heterocycles. The van der Waals surface area contributed by atoms with Crippen LogP contribution in [-0.4, -0.2) is 3.79 Å². The Bertz CT molecular complexity index is 102. The number of hydrogen-bond donors (Lipinski definition) is 0. The first kappa shape index (κ1) is 9.40. The van der Waals surface area contributed by atoms with Crippen molar-refractivity contribution in [2.45, 2.75) is 33.6 Å². The molecule has 1 nitrogen and oxygen atoms in total. The van der Waals surface area contributed by atoms with E-state index < -0.39 is 0 Å². The molecule has 9 heavy (non-hydrogen) atoms. The Kier molecular flexibility index (Phi) is 3.70. The lowest BCUT2D eigenvalue weighted by Gasteiger charge is -2.15. The third-order valence-electron chi connectivity index (χ3n) is 1.07. The van der Waals surface area contributed by atoms with Crippen molar-refractivity contribution in [3.05, 3.63) is 0 Å². The first-order chi connectivity index (χ1) is 3.92. The van der Waals surface area contributed by atoms with Crippen LogP contribution in [-0.2, 0) is 4.79 Å². The van der Waals surface area contributed by atoms with Gasteiger partial charge in [-0.3, -0.25) is 4.79 Å². The fraction of sp³-hybridized carbons (Fsp3) is 0.857. The summed E-state index contributed by atoms with van der Waals surface area (Å²) in [7, 11) is 0. The smallest absolute Gasteiger partial charge is 0.192 e. The largest absolute Gasteiger partial charge is 0.288 e. The molecule has 0 aromatic carbocycles. The summed E-state index contributed by atoms with van der Waals surface area (Å²) in [6.07, 6.45) is 1.71. The number of rotatable bonds is 2. The average molecular weight is 240 g/mol. The predicted octanol–water partition coefficient (Wildman–Crippen LogP) is 2.77. The van der Waals surface area contributed by atoms with E-state index >= 15 is 0 Å². The standard InChI is InChI=1S/C7H13IO/c1-7(2,3)5-4-6(8)9/h4-5H2,1-3H3. The normalized spacial score (nSPS) is 11.6. The monoisotopic (exact) mass is 240 g/mol. The van der Waals surface area contributed by atoms with Crippen LogP contribution < -0.4 is 0 Å². The quantitative estimate of drug-likeness (QED) is 0.535. The van der Waals surface area contributed by atoms with Crippen LogP contribution in [0.3, 0.4) is 0 Å². The van der Waals surface area contributed by atoms with Crippen molar-refractivity contribution >= 4 is 26.4 Å². The molecule has 0 bridgehead atoms. The van der Waals surface area contributed by atoms with Crippen LogP contribution in [0.5, 0.6) is 0 Å². The van der Waals surface area contributed by atoms with Crippen LogP contribution in [0.1, 0.15) is 33.6 Å². The maximum Gasteiger partial charge on any atom is 0.192 e. The summed E-state index contributed by atoms with van der Waals surface area (Å²) in [6.45, 7) is 6.44. The highest BCUT2D eigenvalue weighted by Gasteiger charge is 2.10. The first-order valence-corrected chi connectivity index (χ1v) is 4.18. The van der Waals surface area contributed by atoms with E-state index in [4.69, 9.17) is 0 Å². The lowest BCUT2D eigenvalue weighted by Crippen LogP contribution is -2.05. The summed E-state index contributed by atoms with van der Waals surface area (Å²) >= 11 is 1.84. The molecule has 0 N–H and O–H groups in total. The summed E-state index contributed by atoms with van der Waals surface area (Å²) in [5, 5.41) is 0. The first-order valence-electron chi connectivity index (χ1n) is 3.10. The summed E-state index contributed by atoms with van der Waals surface area (Å²) in [5.41, 5.74) is 0.306. The van der Waals surface area contributed by atoms with E-state index in [0.29, 0.717) is 11.8 Å². The molecule has 0 aliphatic rings. The molecule has 0 aliphatic carbocycles. The zero-order valence-electron chi connectivity index (χ0n) is 6.20. The molecule has 0 heterocycles. The number of carbonyl (C=O) groups is 1. The Balaban J connectivity index is 3.39. The fourth-order valence-electron chi connectivity index (χ4n) is 0.473. The van der Waals surface area contributed by atoms with Crippen molar-refractivity contribution in [3.8, 4) is 0 Å². The van der Waals surface area contributed by atoms with Gasteiger partial charge in [-0.1, -0.05) is 20.8 Å². The molecule has 2 heteroatoms.